The highest BCUT2D eigenvalue weighted by Crippen LogP contribution is 2.32. The largest absolute Gasteiger partial charge is 0.386 e. The number of allylic oxidation sites excluding steroid dienone is 2. The molecule has 4 nitrogen and oxygen atoms in total. The van der Waals surface area contributed by atoms with E-state index in [-0.39, 0.29) is 0 Å². The molecule has 3 rings (SSSR count). The van der Waals surface area contributed by atoms with Gasteiger partial charge in [-0.1, -0.05) is 29.8 Å². The highest BCUT2D eigenvalue weighted by molar-refractivity contribution is 6.20. The van der Waals surface area contributed by atoms with Crippen molar-refractivity contribution in [1.29, 1.82) is 0 Å². The Labute approximate surface area is 140 Å². The Morgan fingerprint density at radius 3 is 2.58 bits per heavy atom. The predicted molar refractivity (Wildman–Crippen MR) is 94.3 cm³/mol. The third kappa shape index (κ3) is 2.40. The van der Waals surface area contributed by atoms with E-state index in [1.54, 1.807) is 19.9 Å². The van der Waals surface area contributed by atoms with Crippen LogP contribution in [-0.4, -0.2) is 16.5 Å². The molecule has 0 amide bonds. The number of hydrogen-bond donors (Lipinski definition) is 0. The summed E-state index contributed by atoms with van der Waals surface area (Å²) >= 11 is 0. The zero-order chi connectivity index (χ0) is 17.4. The second-order valence-electron chi connectivity index (χ2n) is 6.04. The van der Waals surface area contributed by atoms with Crippen molar-refractivity contribution in [2.45, 2.75) is 27.3 Å². The van der Waals surface area contributed by atoms with Crippen LogP contribution in [0.15, 0.2) is 53.6 Å². The van der Waals surface area contributed by atoms with Crippen LogP contribution in [0.1, 0.15) is 25.1 Å². The summed E-state index contributed by atoms with van der Waals surface area (Å²) < 4.78 is 6.89. The van der Waals surface area contributed by atoms with Crippen LogP contribution in [0.4, 0.5) is 0 Å². The summed E-state index contributed by atoms with van der Waals surface area (Å²) in [6.45, 7) is 10.0. The average Bonchev–Trinajstić information content (AvgIpc) is 2.97. The van der Waals surface area contributed by atoms with Gasteiger partial charge in [-0.05, 0) is 38.5 Å². The zero-order valence-electron chi connectivity index (χ0n) is 14.1. The summed E-state index contributed by atoms with van der Waals surface area (Å²) in [5, 5.41) is 1.11. The van der Waals surface area contributed by atoms with Crippen LogP contribution in [-0.2, 0) is 20.9 Å². The minimum atomic E-state index is -0.592. The molecule has 2 aromatic rings. The fraction of sp³-hybridized carbons (Fsp3) is 0.200. The molecule has 2 heterocycles. The molecule has 0 saturated carbocycles. The summed E-state index contributed by atoms with van der Waals surface area (Å²) in [7, 11) is 0. The van der Waals surface area contributed by atoms with Crippen molar-refractivity contribution in [3.63, 3.8) is 0 Å². The summed E-state index contributed by atoms with van der Waals surface area (Å²) in [5.74, 6) is -1.17. The number of carbonyl (C=O) groups excluding carboxylic acids is 2. The molecule has 1 saturated heterocycles. The van der Waals surface area contributed by atoms with Crippen molar-refractivity contribution >= 4 is 28.9 Å². The monoisotopic (exact) mass is 321 g/mol. The van der Waals surface area contributed by atoms with E-state index in [4.69, 9.17) is 4.74 Å². The van der Waals surface area contributed by atoms with Crippen molar-refractivity contribution in [2.75, 3.05) is 0 Å². The van der Waals surface area contributed by atoms with Crippen LogP contribution in [0.25, 0.3) is 17.0 Å². The number of cyclic esters (lactones) is 2. The number of aryl methyl sites for hydroxylation is 1. The summed E-state index contributed by atoms with van der Waals surface area (Å²) in [6.07, 6.45) is 3.57. The maximum atomic E-state index is 12.1. The smallest absolute Gasteiger partial charge is 0.346 e. The number of benzene rings is 1. The zero-order valence-corrected chi connectivity index (χ0v) is 14.1. The maximum Gasteiger partial charge on any atom is 0.346 e. The average molecular weight is 321 g/mol. The minimum absolute atomic E-state index is 0.316. The molecule has 0 bridgehead atoms. The lowest BCUT2D eigenvalue weighted by Gasteiger charge is -2.06. The highest BCUT2D eigenvalue weighted by atomic mass is 16.6. The summed E-state index contributed by atoms with van der Waals surface area (Å²) in [4.78, 5) is 24.1. The van der Waals surface area contributed by atoms with Gasteiger partial charge in [-0.2, -0.15) is 0 Å². The van der Waals surface area contributed by atoms with Gasteiger partial charge in [-0.3, -0.25) is 0 Å². The Morgan fingerprint density at radius 2 is 1.92 bits per heavy atom. The predicted octanol–water partition coefficient (Wildman–Crippen LogP) is 3.94. The number of rotatable bonds is 3. The van der Waals surface area contributed by atoms with Gasteiger partial charge in [0.05, 0.1) is 11.1 Å². The molecule has 0 aliphatic carbocycles. The Balaban J connectivity index is 2.30. The number of ether oxygens (including phenoxy) is 1. The maximum absolute atomic E-state index is 12.1. The van der Waals surface area contributed by atoms with Crippen LogP contribution >= 0.6 is 0 Å². The molecular formula is C20H19NO3. The van der Waals surface area contributed by atoms with E-state index < -0.39 is 11.9 Å². The molecule has 0 radical (unpaired) electrons. The number of para-hydroxylation sites is 1. The number of esters is 2. The van der Waals surface area contributed by atoms with Gasteiger partial charge in [0, 0.05) is 23.1 Å². The quantitative estimate of drug-likeness (QED) is 0.372. The molecule has 1 aliphatic rings. The third-order valence-corrected chi connectivity index (χ3v) is 4.25. The van der Waals surface area contributed by atoms with Gasteiger partial charge < -0.3 is 9.30 Å². The Hall–Kier alpha value is -2.88. The van der Waals surface area contributed by atoms with Crippen molar-refractivity contribution in [3.8, 4) is 0 Å². The molecule has 1 fully saturated rings. The second-order valence-corrected chi connectivity index (χ2v) is 6.04. The van der Waals surface area contributed by atoms with Crippen LogP contribution in [0.3, 0.4) is 0 Å². The highest BCUT2D eigenvalue weighted by Gasteiger charge is 2.34. The van der Waals surface area contributed by atoms with Gasteiger partial charge in [0.25, 0.3) is 0 Å². The van der Waals surface area contributed by atoms with E-state index in [2.05, 4.69) is 11.1 Å². The summed E-state index contributed by atoms with van der Waals surface area (Å²) in [6, 6.07) is 8.05. The fourth-order valence-corrected chi connectivity index (χ4v) is 3.15. The Kier molecular flexibility index (Phi) is 3.97. The first-order valence-corrected chi connectivity index (χ1v) is 7.80. The standard InChI is InChI=1S/C20H19NO3/c1-5-10-21-16-9-7-6-8-14(16)13(4)17(21)11-15-18(12(2)3)20(23)24-19(15)22/h5-9,11H,1,10H2,2-4H3/b15-11+. The lowest BCUT2D eigenvalue weighted by molar-refractivity contribution is -0.149. The molecule has 1 aromatic heterocycles. The van der Waals surface area contributed by atoms with E-state index in [9.17, 15) is 9.59 Å². The second kappa shape index (κ2) is 5.96. The molecule has 4 heteroatoms. The van der Waals surface area contributed by atoms with E-state index in [1.807, 2.05) is 37.3 Å². The molecule has 0 N–H and O–H groups in total. The molecule has 0 unspecified atom stereocenters. The Morgan fingerprint density at radius 1 is 1.21 bits per heavy atom. The number of fused-ring (bicyclic) bond motifs is 1. The number of hydrogen-bond acceptors (Lipinski definition) is 3. The van der Waals surface area contributed by atoms with E-state index in [0.29, 0.717) is 17.7 Å². The van der Waals surface area contributed by atoms with Crippen LogP contribution in [0.2, 0.25) is 0 Å². The van der Waals surface area contributed by atoms with Gasteiger partial charge in [0.1, 0.15) is 0 Å². The van der Waals surface area contributed by atoms with Gasteiger partial charge in [0.15, 0.2) is 0 Å². The Bertz CT molecular complexity index is 937. The molecule has 0 atom stereocenters. The van der Waals surface area contributed by atoms with Crippen LogP contribution in [0, 0.1) is 6.92 Å². The summed E-state index contributed by atoms with van der Waals surface area (Å²) in [5.41, 5.74) is 4.45. The van der Waals surface area contributed by atoms with Crippen molar-refractivity contribution in [1.82, 2.24) is 4.57 Å². The van der Waals surface area contributed by atoms with Gasteiger partial charge in [-0.25, -0.2) is 9.59 Å². The van der Waals surface area contributed by atoms with Gasteiger partial charge in [0.2, 0.25) is 0 Å². The molecule has 122 valence electrons. The number of carbonyl (C=O) groups is 2. The fourth-order valence-electron chi connectivity index (χ4n) is 3.15. The van der Waals surface area contributed by atoms with Crippen molar-refractivity contribution in [3.05, 3.63) is 64.9 Å². The van der Waals surface area contributed by atoms with Crippen LogP contribution < -0.4 is 0 Å². The third-order valence-electron chi connectivity index (χ3n) is 4.25. The minimum Gasteiger partial charge on any atom is -0.386 e. The van der Waals surface area contributed by atoms with Crippen molar-refractivity contribution in [2.24, 2.45) is 0 Å². The van der Waals surface area contributed by atoms with E-state index in [1.165, 1.54) is 0 Å². The molecule has 24 heavy (non-hydrogen) atoms. The first-order chi connectivity index (χ1) is 11.5. The lowest BCUT2D eigenvalue weighted by Crippen LogP contribution is -2.01. The first-order valence-electron chi connectivity index (χ1n) is 7.80. The van der Waals surface area contributed by atoms with Crippen LogP contribution in [0.5, 0.6) is 0 Å². The molecular weight excluding hydrogens is 302 g/mol. The topological polar surface area (TPSA) is 48.3 Å². The molecule has 1 aliphatic heterocycles. The normalized spacial score (nSPS) is 16.1. The van der Waals surface area contributed by atoms with Crippen molar-refractivity contribution < 1.29 is 14.3 Å². The number of aromatic nitrogens is 1. The van der Waals surface area contributed by atoms with Gasteiger partial charge in [-0.15, -0.1) is 6.58 Å². The first kappa shape index (κ1) is 16.0. The number of nitrogens with zero attached hydrogens (tertiary/aromatic N) is 1. The molecule has 0 spiro atoms. The molecule has 1 aromatic carbocycles. The lowest BCUT2D eigenvalue weighted by atomic mass is 10.0. The van der Waals surface area contributed by atoms with E-state index >= 15 is 0 Å². The SMILES string of the molecule is C=CCn1c(/C=C2/C(=O)OC(=O)C2=C(C)C)c(C)c2ccccc21. The van der Waals surface area contributed by atoms with Gasteiger partial charge >= 0.3 is 11.9 Å². The van der Waals surface area contributed by atoms with E-state index in [0.717, 1.165) is 27.7 Å².